The first kappa shape index (κ1) is 14.5. The van der Waals surface area contributed by atoms with Gasteiger partial charge in [-0.3, -0.25) is 4.40 Å². The van der Waals surface area contributed by atoms with Crippen molar-refractivity contribution >= 4 is 22.5 Å². The number of fused-ring (bicyclic) bond motifs is 3. The average molecular weight is 310 g/mol. The zero-order valence-corrected chi connectivity index (χ0v) is 13.6. The normalized spacial score (nSPS) is 15.8. The van der Waals surface area contributed by atoms with Crippen LogP contribution in [0.5, 0.6) is 0 Å². The summed E-state index contributed by atoms with van der Waals surface area (Å²) in [6.07, 6.45) is 6.66. The van der Waals surface area contributed by atoms with Gasteiger partial charge in [0.15, 0.2) is 11.5 Å². The van der Waals surface area contributed by atoms with Crippen molar-refractivity contribution in [2.75, 3.05) is 5.32 Å². The van der Waals surface area contributed by atoms with Crippen LogP contribution in [0.4, 0.5) is 5.82 Å². The number of nitrogens with zero attached hydrogens (tertiary/aromatic N) is 3. The van der Waals surface area contributed by atoms with Crippen molar-refractivity contribution in [3.63, 3.8) is 0 Å². The van der Waals surface area contributed by atoms with Gasteiger partial charge in [-0.05, 0) is 49.9 Å². The van der Waals surface area contributed by atoms with E-state index >= 15 is 0 Å². The van der Waals surface area contributed by atoms with Gasteiger partial charge in [0.2, 0.25) is 0 Å². The highest BCUT2D eigenvalue weighted by atomic mass is 16.3. The molecule has 0 radical (unpaired) electrons. The van der Waals surface area contributed by atoms with E-state index in [0.717, 1.165) is 28.2 Å². The zero-order valence-electron chi connectivity index (χ0n) is 13.6. The molecule has 1 aliphatic carbocycles. The van der Waals surface area contributed by atoms with E-state index in [9.17, 15) is 5.11 Å². The van der Waals surface area contributed by atoms with Crippen LogP contribution in [0.25, 0.3) is 16.7 Å². The van der Waals surface area contributed by atoms with E-state index in [1.807, 2.05) is 4.40 Å². The third kappa shape index (κ3) is 2.36. The summed E-state index contributed by atoms with van der Waals surface area (Å²) in [6.45, 7) is 4.17. The zero-order chi connectivity index (χ0) is 16.0. The highest BCUT2D eigenvalue weighted by Gasteiger charge is 2.19. The monoisotopic (exact) mass is 310 g/mol. The molecule has 0 atom stereocenters. The van der Waals surface area contributed by atoms with Gasteiger partial charge in [-0.2, -0.15) is 0 Å². The predicted octanol–water partition coefficient (Wildman–Crippen LogP) is 3.35. The van der Waals surface area contributed by atoms with Crippen LogP contribution in [0, 0.1) is 13.8 Å². The molecule has 0 aliphatic heterocycles. The second kappa shape index (κ2) is 5.49. The number of hydrogen-bond donors (Lipinski definition) is 2. The maximum atomic E-state index is 9.68. The topological polar surface area (TPSA) is 62.5 Å². The van der Waals surface area contributed by atoms with Crippen LogP contribution in [-0.2, 0) is 6.61 Å². The van der Waals surface area contributed by atoms with Crippen molar-refractivity contribution in [2.24, 2.45) is 0 Å². The Morgan fingerprint density at radius 1 is 1.22 bits per heavy atom. The minimum absolute atomic E-state index is 0.0317. The van der Waals surface area contributed by atoms with Gasteiger partial charge in [0.25, 0.3) is 0 Å². The van der Waals surface area contributed by atoms with E-state index in [0.29, 0.717) is 6.04 Å². The smallest absolute Gasteiger partial charge is 0.180 e. The predicted molar refractivity (Wildman–Crippen MR) is 91.8 cm³/mol. The van der Waals surface area contributed by atoms with Crippen LogP contribution >= 0.6 is 0 Å². The number of anilines is 1. The molecule has 3 aromatic rings. The number of rotatable bonds is 3. The second-order valence-electron chi connectivity index (χ2n) is 6.58. The van der Waals surface area contributed by atoms with E-state index in [-0.39, 0.29) is 6.61 Å². The van der Waals surface area contributed by atoms with E-state index < -0.39 is 0 Å². The number of hydrogen-bond acceptors (Lipinski definition) is 4. The fourth-order valence-corrected chi connectivity index (χ4v) is 3.52. The molecule has 5 nitrogen and oxygen atoms in total. The number of aliphatic hydroxyl groups is 1. The van der Waals surface area contributed by atoms with Crippen LogP contribution in [0.1, 0.15) is 42.5 Å². The Kier molecular flexibility index (Phi) is 3.45. The lowest BCUT2D eigenvalue weighted by atomic mass is 10.1. The first-order valence-electron chi connectivity index (χ1n) is 8.32. The highest BCUT2D eigenvalue weighted by Crippen LogP contribution is 2.28. The molecule has 0 bridgehead atoms. The summed E-state index contributed by atoms with van der Waals surface area (Å²) in [5, 5.41) is 13.3. The summed E-state index contributed by atoms with van der Waals surface area (Å²) in [4.78, 5) is 9.35. The Bertz CT molecular complexity index is 878. The first-order chi connectivity index (χ1) is 11.2. The molecule has 2 aromatic heterocycles. The van der Waals surface area contributed by atoms with Gasteiger partial charge in [-0.25, -0.2) is 9.97 Å². The Morgan fingerprint density at radius 2 is 1.96 bits per heavy atom. The molecule has 5 heteroatoms. The number of benzene rings is 1. The van der Waals surface area contributed by atoms with Gasteiger partial charge in [0.05, 0.1) is 29.5 Å². The summed E-state index contributed by atoms with van der Waals surface area (Å²) >= 11 is 0. The summed E-state index contributed by atoms with van der Waals surface area (Å²) in [5.74, 6) is 0.826. The quantitative estimate of drug-likeness (QED) is 0.779. The number of nitrogens with one attached hydrogen (secondary N) is 1. The molecule has 23 heavy (non-hydrogen) atoms. The summed E-state index contributed by atoms with van der Waals surface area (Å²) < 4.78 is 2.03. The van der Waals surface area contributed by atoms with Gasteiger partial charge >= 0.3 is 0 Å². The maximum absolute atomic E-state index is 9.68. The molecular weight excluding hydrogens is 288 g/mol. The molecule has 0 amide bonds. The third-order valence-corrected chi connectivity index (χ3v) is 4.97. The third-order valence-electron chi connectivity index (χ3n) is 4.97. The fourth-order valence-electron chi connectivity index (χ4n) is 3.52. The van der Waals surface area contributed by atoms with Gasteiger partial charge in [0.1, 0.15) is 0 Å². The summed E-state index contributed by atoms with van der Waals surface area (Å²) in [5.41, 5.74) is 5.98. The van der Waals surface area contributed by atoms with Gasteiger partial charge in [0, 0.05) is 6.04 Å². The Balaban J connectivity index is 1.97. The number of aromatic nitrogens is 3. The number of imidazole rings is 1. The van der Waals surface area contributed by atoms with E-state index in [4.69, 9.17) is 4.98 Å². The summed E-state index contributed by atoms with van der Waals surface area (Å²) in [6, 6.07) is 4.72. The lowest BCUT2D eigenvalue weighted by Gasteiger charge is -2.16. The van der Waals surface area contributed by atoms with Crippen LogP contribution < -0.4 is 5.32 Å². The molecule has 2 N–H and O–H groups in total. The second-order valence-corrected chi connectivity index (χ2v) is 6.58. The SMILES string of the molecule is Cc1cc2nc(NC3CCCC3)c3ncc(CO)n3c2cc1C. The average Bonchev–Trinajstić information content (AvgIpc) is 3.18. The molecular formula is C18H22N4O. The van der Waals surface area contributed by atoms with Crippen molar-refractivity contribution in [1.82, 2.24) is 14.4 Å². The maximum Gasteiger partial charge on any atom is 0.180 e. The molecule has 0 saturated heterocycles. The molecule has 4 rings (SSSR count). The number of aliphatic hydroxyl groups excluding tert-OH is 1. The van der Waals surface area contributed by atoms with Crippen LogP contribution in [0.2, 0.25) is 0 Å². The van der Waals surface area contributed by atoms with E-state index in [2.05, 4.69) is 36.3 Å². The van der Waals surface area contributed by atoms with E-state index in [1.165, 1.54) is 36.8 Å². The van der Waals surface area contributed by atoms with Crippen LogP contribution in [-0.4, -0.2) is 25.5 Å². The summed E-state index contributed by atoms with van der Waals surface area (Å²) in [7, 11) is 0. The van der Waals surface area contributed by atoms with E-state index in [1.54, 1.807) is 6.20 Å². The van der Waals surface area contributed by atoms with Crippen LogP contribution in [0.15, 0.2) is 18.3 Å². The van der Waals surface area contributed by atoms with Crippen molar-refractivity contribution in [3.8, 4) is 0 Å². The molecule has 0 spiro atoms. The van der Waals surface area contributed by atoms with Crippen LogP contribution in [0.3, 0.4) is 0 Å². The molecule has 120 valence electrons. The highest BCUT2D eigenvalue weighted by molar-refractivity contribution is 5.84. The lowest BCUT2D eigenvalue weighted by Crippen LogP contribution is -2.17. The number of aryl methyl sites for hydroxylation is 2. The lowest BCUT2D eigenvalue weighted by molar-refractivity contribution is 0.276. The Hall–Kier alpha value is -2.14. The molecule has 1 aliphatic rings. The van der Waals surface area contributed by atoms with Crippen molar-refractivity contribution in [1.29, 1.82) is 0 Å². The van der Waals surface area contributed by atoms with Crippen molar-refractivity contribution < 1.29 is 5.11 Å². The molecule has 1 saturated carbocycles. The Morgan fingerprint density at radius 3 is 2.70 bits per heavy atom. The Labute approximate surface area is 135 Å². The largest absolute Gasteiger partial charge is 0.390 e. The standard InChI is InChI=1S/C18H22N4O/c1-11-7-15-16(8-12(11)2)22-14(10-23)9-19-18(22)17(21-15)20-13-5-3-4-6-13/h7-9,13,23H,3-6,10H2,1-2H3,(H,20,21). The molecule has 1 aromatic carbocycles. The minimum Gasteiger partial charge on any atom is -0.390 e. The minimum atomic E-state index is -0.0317. The van der Waals surface area contributed by atoms with Gasteiger partial charge in [-0.15, -0.1) is 0 Å². The van der Waals surface area contributed by atoms with Crippen molar-refractivity contribution in [3.05, 3.63) is 35.2 Å². The van der Waals surface area contributed by atoms with Gasteiger partial charge in [-0.1, -0.05) is 12.8 Å². The molecule has 2 heterocycles. The van der Waals surface area contributed by atoms with Gasteiger partial charge < -0.3 is 10.4 Å². The molecule has 1 fully saturated rings. The fraction of sp³-hybridized carbons (Fsp3) is 0.444. The van der Waals surface area contributed by atoms with Crippen molar-refractivity contribution in [2.45, 2.75) is 52.2 Å². The molecule has 0 unspecified atom stereocenters. The first-order valence-corrected chi connectivity index (χ1v) is 8.32.